The monoisotopic (exact) mass is 284 g/mol. The Kier molecular flexibility index (Phi) is 5.06. The minimum absolute atomic E-state index is 0.0620. The van der Waals surface area contributed by atoms with Crippen LogP contribution >= 0.6 is 0 Å². The van der Waals surface area contributed by atoms with Crippen LogP contribution in [-0.4, -0.2) is 11.0 Å². The van der Waals surface area contributed by atoms with Crippen LogP contribution in [0.15, 0.2) is 48.5 Å². The summed E-state index contributed by atoms with van der Waals surface area (Å²) in [5.74, 6) is 0. The Morgan fingerprint density at radius 3 is 2.48 bits per heavy atom. The molecule has 2 rings (SSSR count). The summed E-state index contributed by atoms with van der Waals surface area (Å²) < 4.78 is 0. The Labute approximate surface area is 124 Å². The topological polar surface area (TPSA) is 69.2 Å². The fourth-order valence-electron chi connectivity index (χ4n) is 2.38. The zero-order chi connectivity index (χ0) is 15.2. The van der Waals surface area contributed by atoms with Gasteiger partial charge < -0.3 is 5.73 Å². The Morgan fingerprint density at radius 2 is 1.86 bits per heavy atom. The molecule has 0 radical (unpaired) electrons. The van der Waals surface area contributed by atoms with Gasteiger partial charge in [-0.2, -0.15) is 0 Å². The van der Waals surface area contributed by atoms with Crippen LogP contribution in [0, 0.1) is 17.0 Å². The molecule has 1 unspecified atom stereocenters. The Morgan fingerprint density at radius 1 is 1.14 bits per heavy atom. The van der Waals surface area contributed by atoms with Gasteiger partial charge in [0.1, 0.15) is 0 Å². The van der Waals surface area contributed by atoms with Crippen molar-refractivity contribution < 1.29 is 4.92 Å². The maximum absolute atomic E-state index is 10.6. The van der Waals surface area contributed by atoms with E-state index in [2.05, 4.69) is 31.2 Å². The molecule has 0 amide bonds. The quantitative estimate of drug-likeness (QED) is 0.653. The van der Waals surface area contributed by atoms with Crippen LogP contribution in [0.2, 0.25) is 0 Å². The Balaban J connectivity index is 1.86. The molecule has 0 aliphatic rings. The van der Waals surface area contributed by atoms with Crippen LogP contribution in [0.4, 0.5) is 5.69 Å². The van der Waals surface area contributed by atoms with Crippen LogP contribution < -0.4 is 5.73 Å². The molecule has 0 heterocycles. The largest absolute Gasteiger partial charge is 0.327 e. The summed E-state index contributed by atoms with van der Waals surface area (Å²) >= 11 is 0. The van der Waals surface area contributed by atoms with Gasteiger partial charge in [0.2, 0.25) is 0 Å². The highest BCUT2D eigenvalue weighted by atomic mass is 16.6. The molecule has 0 saturated carbocycles. The normalized spacial score (nSPS) is 12.1. The minimum atomic E-state index is -0.387. The summed E-state index contributed by atoms with van der Waals surface area (Å²) in [6, 6.07) is 15.1. The minimum Gasteiger partial charge on any atom is -0.327 e. The van der Waals surface area contributed by atoms with Gasteiger partial charge in [0.15, 0.2) is 0 Å². The zero-order valence-electron chi connectivity index (χ0n) is 12.2. The third-order valence-electron chi connectivity index (χ3n) is 3.53. The maximum atomic E-state index is 10.6. The first-order valence-corrected chi connectivity index (χ1v) is 7.09. The second-order valence-electron chi connectivity index (χ2n) is 5.42. The molecule has 0 aromatic heterocycles. The van der Waals surface area contributed by atoms with Crippen LogP contribution in [0.5, 0.6) is 0 Å². The van der Waals surface area contributed by atoms with E-state index in [4.69, 9.17) is 5.73 Å². The maximum Gasteiger partial charge on any atom is 0.269 e. The lowest BCUT2D eigenvalue weighted by Gasteiger charge is -2.12. The van der Waals surface area contributed by atoms with Gasteiger partial charge in [-0.3, -0.25) is 10.1 Å². The summed E-state index contributed by atoms with van der Waals surface area (Å²) in [4.78, 5) is 10.2. The summed E-state index contributed by atoms with van der Waals surface area (Å²) in [7, 11) is 0. The summed E-state index contributed by atoms with van der Waals surface area (Å²) in [6.45, 7) is 2.08. The molecule has 2 aromatic carbocycles. The van der Waals surface area contributed by atoms with Gasteiger partial charge in [0.05, 0.1) is 4.92 Å². The highest BCUT2D eigenvalue weighted by Crippen LogP contribution is 2.14. The van der Waals surface area contributed by atoms with E-state index in [9.17, 15) is 10.1 Å². The average Bonchev–Trinajstić information content (AvgIpc) is 2.46. The zero-order valence-corrected chi connectivity index (χ0v) is 12.2. The molecule has 4 nitrogen and oxygen atoms in total. The molecule has 4 heteroatoms. The van der Waals surface area contributed by atoms with Crippen molar-refractivity contribution in [2.45, 2.75) is 32.2 Å². The SMILES string of the molecule is Cc1cccc(CCC(N)Cc2ccc([N+](=O)[O-])cc2)c1. The number of non-ortho nitro benzene ring substituents is 1. The molecule has 0 saturated heterocycles. The fourth-order valence-corrected chi connectivity index (χ4v) is 2.38. The van der Waals surface area contributed by atoms with E-state index < -0.39 is 0 Å². The van der Waals surface area contributed by atoms with Crippen molar-refractivity contribution in [3.63, 3.8) is 0 Å². The fraction of sp³-hybridized carbons (Fsp3) is 0.294. The molecular weight excluding hydrogens is 264 g/mol. The van der Waals surface area contributed by atoms with Gasteiger partial charge in [0, 0.05) is 18.2 Å². The van der Waals surface area contributed by atoms with Gasteiger partial charge in [-0.05, 0) is 37.3 Å². The molecular formula is C17H20N2O2. The predicted molar refractivity (Wildman–Crippen MR) is 84.3 cm³/mol. The lowest BCUT2D eigenvalue weighted by atomic mass is 9.99. The molecule has 1 atom stereocenters. The molecule has 0 aliphatic heterocycles. The van der Waals surface area contributed by atoms with Gasteiger partial charge in [-0.25, -0.2) is 0 Å². The number of nitrogens with two attached hydrogens (primary N) is 1. The van der Waals surface area contributed by atoms with Crippen molar-refractivity contribution in [1.29, 1.82) is 0 Å². The van der Waals surface area contributed by atoms with Crippen molar-refractivity contribution in [3.8, 4) is 0 Å². The van der Waals surface area contributed by atoms with E-state index in [1.807, 2.05) is 0 Å². The molecule has 21 heavy (non-hydrogen) atoms. The number of hydrogen-bond acceptors (Lipinski definition) is 3. The molecule has 110 valence electrons. The van der Waals surface area contributed by atoms with E-state index in [0.29, 0.717) is 0 Å². The Bertz CT molecular complexity index is 608. The third-order valence-corrected chi connectivity index (χ3v) is 3.53. The van der Waals surface area contributed by atoms with Crippen LogP contribution in [0.1, 0.15) is 23.1 Å². The standard InChI is InChI=1S/C17H20N2O2/c1-13-3-2-4-14(11-13)5-8-16(18)12-15-6-9-17(10-7-15)19(20)21/h2-4,6-7,9-11,16H,5,8,12,18H2,1H3. The Hall–Kier alpha value is -2.20. The van der Waals surface area contributed by atoms with Gasteiger partial charge in [0.25, 0.3) is 5.69 Å². The summed E-state index contributed by atoms with van der Waals surface area (Å²) in [5.41, 5.74) is 9.87. The number of aryl methyl sites for hydroxylation is 2. The molecule has 0 aliphatic carbocycles. The van der Waals surface area contributed by atoms with Gasteiger partial charge in [-0.15, -0.1) is 0 Å². The van der Waals surface area contributed by atoms with E-state index in [0.717, 1.165) is 24.8 Å². The highest BCUT2D eigenvalue weighted by molar-refractivity contribution is 5.33. The van der Waals surface area contributed by atoms with Crippen molar-refractivity contribution >= 4 is 5.69 Å². The first-order chi connectivity index (χ1) is 10.0. The van der Waals surface area contributed by atoms with E-state index >= 15 is 0 Å². The molecule has 2 N–H and O–H groups in total. The molecule has 0 spiro atoms. The number of nitro benzene ring substituents is 1. The number of nitrogens with zero attached hydrogens (tertiary/aromatic N) is 1. The number of hydrogen-bond donors (Lipinski definition) is 1. The van der Waals surface area contributed by atoms with Crippen LogP contribution in [0.3, 0.4) is 0 Å². The molecule has 0 bridgehead atoms. The second kappa shape index (κ2) is 6.99. The van der Waals surface area contributed by atoms with Crippen molar-refractivity contribution in [2.75, 3.05) is 0 Å². The van der Waals surface area contributed by atoms with Crippen molar-refractivity contribution in [3.05, 3.63) is 75.3 Å². The van der Waals surface area contributed by atoms with Crippen molar-refractivity contribution in [2.24, 2.45) is 5.73 Å². The third kappa shape index (κ3) is 4.68. The highest BCUT2D eigenvalue weighted by Gasteiger charge is 2.08. The predicted octanol–water partition coefficient (Wildman–Crippen LogP) is 3.41. The number of benzene rings is 2. The average molecular weight is 284 g/mol. The van der Waals surface area contributed by atoms with E-state index in [1.165, 1.54) is 23.3 Å². The number of nitro groups is 1. The smallest absolute Gasteiger partial charge is 0.269 e. The lowest BCUT2D eigenvalue weighted by Crippen LogP contribution is -2.23. The summed E-state index contributed by atoms with van der Waals surface area (Å²) in [6.07, 6.45) is 2.60. The van der Waals surface area contributed by atoms with Gasteiger partial charge >= 0.3 is 0 Å². The first-order valence-electron chi connectivity index (χ1n) is 7.09. The summed E-state index contributed by atoms with van der Waals surface area (Å²) in [5, 5.41) is 10.6. The number of rotatable bonds is 6. The molecule has 2 aromatic rings. The van der Waals surface area contributed by atoms with Crippen molar-refractivity contribution in [1.82, 2.24) is 0 Å². The van der Waals surface area contributed by atoms with Crippen LogP contribution in [-0.2, 0) is 12.8 Å². The lowest BCUT2D eigenvalue weighted by molar-refractivity contribution is -0.384. The van der Waals surface area contributed by atoms with Crippen LogP contribution in [0.25, 0.3) is 0 Å². The van der Waals surface area contributed by atoms with E-state index in [-0.39, 0.29) is 16.7 Å². The second-order valence-corrected chi connectivity index (χ2v) is 5.42. The molecule has 0 fully saturated rings. The first kappa shape index (κ1) is 15.2. The van der Waals surface area contributed by atoms with Gasteiger partial charge in [-0.1, -0.05) is 42.0 Å². The van der Waals surface area contributed by atoms with E-state index in [1.54, 1.807) is 12.1 Å².